The molecule has 1 aromatic heterocycles. The molecule has 2 aromatic carbocycles. The van der Waals surface area contributed by atoms with Crippen molar-refractivity contribution in [2.45, 2.75) is 0 Å². The minimum Gasteiger partial charge on any atom is -0.389 e. The van der Waals surface area contributed by atoms with Gasteiger partial charge in [0.15, 0.2) is 0 Å². The number of benzene rings is 2. The van der Waals surface area contributed by atoms with E-state index in [2.05, 4.69) is 26.2 Å². The van der Waals surface area contributed by atoms with Gasteiger partial charge in [-0.15, -0.1) is 0 Å². The summed E-state index contributed by atoms with van der Waals surface area (Å²) in [6.07, 6.45) is 3.63. The van der Waals surface area contributed by atoms with Crippen molar-refractivity contribution in [1.29, 1.82) is 0 Å². The van der Waals surface area contributed by atoms with Gasteiger partial charge in [0.05, 0.1) is 0 Å². The van der Waals surface area contributed by atoms with Crippen molar-refractivity contribution in [3.8, 4) is 0 Å². The van der Waals surface area contributed by atoms with Crippen LogP contribution in [0.5, 0.6) is 0 Å². The summed E-state index contributed by atoms with van der Waals surface area (Å²) in [6.45, 7) is 0. The van der Waals surface area contributed by atoms with E-state index >= 15 is 0 Å². The molecule has 0 bridgehead atoms. The molecule has 0 aliphatic heterocycles. The Morgan fingerprint density at radius 1 is 1.14 bits per heavy atom. The van der Waals surface area contributed by atoms with Gasteiger partial charge in [-0.1, -0.05) is 40.3 Å². The zero-order chi connectivity index (χ0) is 14.8. The Morgan fingerprint density at radius 2 is 2.00 bits per heavy atom. The highest BCUT2D eigenvalue weighted by molar-refractivity contribution is 9.10. The SMILES string of the molecule is NC(=S)c1cc(Br)ccc1Nc1cccc2cnccc12. The Bertz CT molecular complexity index is 827. The Balaban J connectivity index is 2.09. The van der Waals surface area contributed by atoms with Crippen LogP contribution in [-0.4, -0.2) is 9.97 Å². The topological polar surface area (TPSA) is 50.9 Å². The highest BCUT2D eigenvalue weighted by atomic mass is 79.9. The van der Waals surface area contributed by atoms with Crippen LogP contribution < -0.4 is 11.1 Å². The number of aromatic nitrogens is 1. The van der Waals surface area contributed by atoms with Gasteiger partial charge < -0.3 is 11.1 Å². The van der Waals surface area contributed by atoms with Crippen LogP contribution in [0.1, 0.15) is 5.56 Å². The largest absolute Gasteiger partial charge is 0.389 e. The molecule has 1 heterocycles. The second-order valence-electron chi connectivity index (χ2n) is 4.58. The van der Waals surface area contributed by atoms with Crippen molar-refractivity contribution < 1.29 is 0 Å². The maximum Gasteiger partial charge on any atom is 0.106 e. The van der Waals surface area contributed by atoms with Crippen LogP contribution >= 0.6 is 28.1 Å². The molecule has 3 nitrogen and oxygen atoms in total. The predicted octanol–water partition coefficient (Wildman–Crippen LogP) is 4.38. The monoisotopic (exact) mass is 357 g/mol. The van der Waals surface area contributed by atoms with Crippen LogP contribution in [0, 0.1) is 0 Å². The normalized spacial score (nSPS) is 10.5. The maximum atomic E-state index is 5.81. The van der Waals surface area contributed by atoms with Crippen LogP contribution in [0.3, 0.4) is 0 Å². The highest BCUT2D eigenvalue weighted by Crippen LogP contribution is 2.29. The molecule has 3 N–H and O–H groups in total. The third-order valence-electron chi connectivity index (χ3n) is 3.20. The highest BCUT2D eigenvalue weighted by Gasteiger charge is 2.08. The van der Waals surface area contributed by atoms with Gasteiger partial charge in [-0.3, -0.25) is 4.98 Å². The number of anilines is 2. The lowest BCUT2D eigenvalue weighted by Gasteiger charge is -2.13. The third kappa shape index (κ3) is 2.89. The first-order valence-corrected chi connectivity index (χ1v) is 7.54. The number of nitrogens with two attached hydrogens (primary N) is 1. The molecule has 0 saturated carbocycles. The van der Waals surface area contributed by atoms with Gasteiger partial charge in [0.1, 0.15) is 4.99 Å². The number of hydrogen-bond acceptors (Lipinski definition) is 3. The summed E-state index contributed by atoms with van der Waals surface area (Å²) in [7, 11) is 0. The zero-order valence-corrected chi connectivity index (χ0v) is 13.4. The second kappa shape index (κ2) is 5.79. The van der Waals surface area contributed by atoms with Crippen molar-refractivity contribution in [3.05, 3.63) is 64.9 Å². The van der Waals surface area contributed by atoms with E-state index in [1.165, 1.54) is 0 Å². The number of hydrogen-bond donors (Lipinski definition) is 2. The number of fused-ring (bicyclic) bond motifs is 1. The molecule has 104 valence electrons. The fourth-order valence-electron chi connectivity index (χ4n) is 2.21. The Hall–Kier alpha value is -1.98. The Labute approximate surface area is 136 Å². The van der Waals surface area contributed by atoms with E-state index in [0.717, 1.165) is 32.2 Å². The molecule has 0 spiro atoms. The van der Waals surface area contributed by atoms with Gasteiger partial charge >= 0.3 is 0 Å². The van der Waals surface area contributed by atoms with Gasteiger partial charge in [0.25, 0.3) is 0 Å². The van der Waals surface area contributed by atoms with E-state index in [1.807, 2.05) is 48.7 Å². The molecule has 0 aliphatic carbocycles. The molecule has 5 heteroatoms. The van der Waals surface area contributed by atoms with E-state index in [1.54, 1.807) is 6.20 Å². The summed E-state index contributed by atoms with van der Waals surface area (Å²) in [5.74, 6) is 0. The van der Waals surface area contributed by atoms with Crippen molar-refractivity contribution in [2.24, 2.45) is 5.73 Å². The maximum absolute atomic E-state index is 5.81. The molecule has 21 heavy (non-hydrogen) atoms. The number of rotatable bonds is 3. The molecule has 0 saturated heterocycles. The fourth-order valence-corrected chi connectivity index (χ4v) is 2.74. The van der Waals surface area contributed by atoms with Gasteiger partial charge in [-0.2, -0.15) is 0 Å². The van der Waals surface area contributed by atoms with E-state index < -0.39 is 0 Å². The fraction of sp³-hybridized carbons (Fsp3) is 0. The molecule has 0 unspecified atom stereocenters. The number of thiocarbonyl (C=S) groups is 1. The second-order valence-corrected chi connectivity index (χ2v) is 5.94. The van der Waals surface area contributed by atoms with Crippen molar-refractivity contribution in [3.63, 3.8) is 0 Å². The number of pyridine rings is 1. The minimum absolute atomic E-state index is 0.362. The first kappa shape index (κ1) is 14.0. The first-order valence-electron chi connectivity index (χ1n) is 6.34. The summed E-state index contributed by atoms with van der Waals surface area (Å²) in [4.78, 5) is 4.51. The van der Waals surface area contributed by atoms with Crippen LogP contribution in [-0.2, 0) is 0 Å². The van der Waals surface area contributed by atoms with E-state index in [9.17, 15) is 0 Å². The van der Waals surface area contributed by atoms with Crippen molar-refractivity contribution in [1.82, 2.24) is 4.98 Å². The quantitative estimate of drug-likeness (QED) is 0.683. The summed E-state index contributed by atoms with van der Waals surface area (Å²) in [5.41, 5.74) is 8.50. The first-order chi connectivity index (χ1) is 10.1. The lowest BCUT2D eigenvalue weighted by molar-refractivity contribution is 1.36. The molecule has 0 amide bonds. The van der Waals surface area contributed by atoms with Gasteiger partial charge in [-0.05, 0) is 30.3 Å². The Morgan fingerprint density at radius 3 is 2.81 bits per heavy atom. The lowest BCUT2D eigenvalue weighted by Crippen LogP contribution is -2.12. The Kier molecular flexibility index (Phi) is 3.86. The van der Waals surface area contributed by atoms with E-state index in [0.29, 0.717) is 4.99 Å². The molecule has 3 aromatic rings. The van der Waals surface area contributed by atoms with Crippen LogP contribution in [0.25, 0.3) is 10.8 Å². The number of nitrogens with zero attached hydrogens (tertiary/aromatic N) is 1. The van der Waals surface area contributed by atoms with Crippen molar-refractivity contribution >= 4 is 55.3 Å². The average Bonchev–Trinajstić information content (AvgIpc) is 2.49. The van der Waals surface area contributed by atoms with Crippen LogP contribution in [0.4, 0.5) is 11.4 Å². The third-order valence-corrected chi connectivity index (χ3v) is 3.91. The average molecular weight is 358 g/mol. The lowest BCUT2D eigenvalue weighted by atomic mass is 10.1. The summed E-state index contributed by atoms with van der Waals surface area (Å²) in [5, 5.41) is 5.59. The van der Waals surface area contributed by atoms with E-state index in [4.69, 9.17) is 18.0 Å². The van der Waals surface area contributed by atoms with Gasteiger partial charge in [-0.25, -0.2) is 0 Å². The van der Waals surface area contributed by atoms with Gasteiger partial charge in [0, 0.05) is 44.6 Å². The molecule has 0 aliphatic rings. The van der Waals surface area contributed by atoms with Crippen LogP contribution in [0.15, 0.2) is 59.3 Å². The standard InChI is InChI=1S/C16H12BrN3S/c17-11-4-5-15(13(8-11)16(18)21)20-14-3-1-2-10-9-19-7-6-12(10)14/h1-9,20H,(H2,18,21). The zero-order valence-electron chi connectivity index (χ0n) is 11.0. The molecule has 0 atom stereocenters. The summed E-state index contributed by atoms with van der Waals surface area (Å²) < 4.78 is 0.943. The molecule has 0 radical (unpaired) electrons. The molecule has 0 fully saturated rings. The summed E-state index contributed by atoms with van der Waals surface area (Å²) in [6, 6.07) is 13.9. The predicted molar refractivity (Wildman–Crippen MR) is 95.1 cm³/mol. The number of nitrogens with one attached hydrogen (secondary N) is 1. The molecular formula is C16H12BrN3S. The molecule has 3 rings (SSSR count). The minimum atomic E-state index is 0.362. The summed E-state index contributed by atoms with van der Waals surface area (Å²) >= 11 is 8.57. The van der Waals surface area contributed by atoms with Gasteiger partial charge in [0.2, 0.25) is 0 Å². The van der Waals surface area contributed by atoms with Crippen molar-refractivity contribution in [2.75, 3.05) is 5.32 Å². The van der Waals surface area contributed by atoms with Crippen LogP contribution in [0.2, 0.25) is 0 Å². The molecular weight excluding hydrogens is 346 g/mol. The smallest absolute Gasteiger partial charge is 0.106 e. The number of halogens is 1. The van der Waals surface area contributed by atoms with E-state index in [-0.39, 0.29) is 0 Å².